The van der Waals surface area contributed by atoms with Crippen molar-refractivity contribution in [2.24, 2.45) is 0 Å². The van der Waals surface area contributed by atoms with Crippen molar-refractivity contribution in [2.45, 2.75) is 0 Å². The first-order valence-corrected chi connectivity index (χ1v) is 29.0. The third kappa shape index (κ3) is 8.53. The summed E-state index contributed by atoms with van der Waals surface area (Å²) in [6.07, 6.45) is 0. The Labute approximate surface area is 330 Å². The van der Waals surface area contributed by atoms with Gasteiger partial charge in [-0.1, -0.05) is 0 Å². The van der Waals surface area contributed by atoms with Gasteiger partial charge in [-0.3, -0.25) is 0 Å². The van der Waals surface area contributed by atoms with Crippen LogP contribution in [0.1, 0.15) is 0 Å². The summed E-state index contributed by atoms with van der Waals surface area (Å²) in [7, 11) is 0. The van der Waals surface area contributed by atoms with Crippen LogP contribution in [0, 0.1) is 0 Å². The Morgan fingerprint density at radius 2 is 0.520 bits per heavy atom. The molecule has 50 heavy (non-hydrogen) atoms. The first-order chi connectivity index (χ1) is 24.7. The molecule has 0 nitrogen and oxygen atoms in total. The van der Waals surface area contributed by atoms with Gasteiger partial charge in [0.25, 0.3) is 0 Å². The molecule has 0 radical (unpaired) electrons. The third-order valence-corrected chi connectivity index (χ3v) is 23.9. The average Bonchev–Trinajstić information content (AvgIpc) is 3.16. The first-order valence-electron chi connectivity index (χ1n) is 16.1. The quantitative estimate of drug-likeness (QED) is 0.174. The van der Waals surface area contributed by atoms with Crippen LogP contribution in [0.25, 0.3) is 21.5 Å². The van der Waals surface area contributed by atoms with Crippen LogP contribution in [0.4, 0.5) is 0 Å². The monoisotopic (exact) mass is 1040 g/mol. The van der Waals surface area contributed by atoms with Crippen molar-refractivity contribution in [1.82, 2.24) is 0 Å². The molecule has 0 bridgehead atoms. The van der Waals surface area contributed by atoms with Gasteiger partial charge in [0.15, 0.2) is 0 Å². The number of fused-ring (bicyclic) bond motifs is 2. The van der Waals surface area contributed by atoms with Gasteiger partial charge in [0, 0.05) is 0 Å². The van der Waals surface area contributed by atoms with Crippen LogP contribution in [0.5, 0.6) is 0 Å². The van der Waals surface area contributed by atoms with Crippen LogP contribution in [0.2, 0.25) is 0 Å². The minimum atomic E-state index is 0.254. The second-order valence-corrected chi connectivity index (χ2v) is 27.0. The Kier molecular flexibility index (Phi) is 11.6. The first kappa shape index (κ1) is 34.5. The summed E-state index contributed by atoms with van der Waals surface area (Å²) < 4.78 is 14.7. The Bertz CT molecular complexity index is 2180. The summed E-state index contributed by atoms with van der Waals surface area (Å²) in [6.45, 7) is 0. The van der Waals surface area contributed by atoms with Crippen molar-refractivity contribution in [3.8, 4) is 0 Å². The second kappa shape index (κ2) is 16.8. The van der Waals surface area contributed by atoms with Gasteiger partial charge in [-0.25, -0.2) is 0 Å². The molecule has 0 saturated carbocycles. The van der Waals surface area contributed by atoms with Crippen LogP contribution in [-0.4, -0.2) is 86.1 Å². The predicted octanol–water partition coefficient (Wildman–Crippen LogP) is 1.89. The molecule has 0 aliphatic rings. The Morgan fingerprint density at radius 3 is 0.880 bits per heavy atom. The van der Waals surface area contributed by atoms with E-state index in [4.69, 9.17) is 0 Å². The molecule has 0 saturated heterocycles. The Morgan fingerprint density at radius 1 is 0.220 bits per heavy atom. The fourth-order valence-corrected chi connectivity index (χ4v) is 21.2. The van der Waals surface area contributed by atoms with E-state index in [0.29, 0.717) is 56.2 Å². The molecule has 0 unspecified atom stereocenters. The van der Waals surface area contributed by atoms with E-state index < -0.39 is 0 Å². The molecule has 6 heteroatoms. The van der Waals surface area contributed by atoms with Crippen LogP contribution >= 0.6 is 0 Å². The van der Waals surface area contributed by atoms with Crippen molar-refractivity contribution in [3.05, 3.63) is 182 Å². The predicted molar refractivity (Wildman–Crippen MR) is 225 cm³/mol. The molecular weight excluding hydrogens is 1000 g/mol. The van der Waals surface area contributed by atoms with Crippen molar-refractivity contribution < 1.29 is 0 Å². The molecule has 0 atom stereocenters. The van der Waals surface area contributed by atoms with E-state index >= 15 is 0 Å². The fraction of sp³-hybridized carbons (Fsp3) is 0. The van der Waals surface area contributed by atoms with Gasteiger partial charge >= 0.3 is 334 Å². The summed E-state index contributed by atoms with van der Waals surface area (Å²) in [6, 6.07) is 68.4. The number of hydrogen-bond acceptors (Lipinski definition) is 0. The zero-order valence-electron chi connectivity index (χ0n) is 26.8. The molecule has 8 aromatic carbocycles. The zero-order valence-corrected chi connectivity index (χ0v) is 37.0. The minimum absolute atomic E-state index is 0.254. The van der Waals surface area contributed by atoms with Gasteiger partial charge < -0.3 is 0 Å². The molecule has 0 aliphatic heterocycles. The molecule has 0 aliphatic carbocycles. The molecule has 8 aromatic rings. The fourth-order valence-electron chi connectivity index (χ4n) is 5.60. The van der Waals surface area contributed by atoms with E-state index in [1.54, 1.807) is 8.92 Å². The van der Waals surface area contributed by atoms with E-state index in [2.05, 4.69) is 182 Å². The summed E-state index contributed by atoms with van der Waals surface area (Å²) in [5.74, 6) is 0. The van der Waals surface area contributed by atoms with Gasteiger partial charge in [0.1, 0.15) is 0 Å². The summed E-state index contributed by atoms with van der Waals surface area (Å²) in [4.78, 5) is 0. The SMILES string of the molecule is c1ccc([Se]c2ccc([Se]c3cccc4cccc([Se][Se]c5cccc6cccc([Se]c7ccc([Se]c8ccccc8)cc7)c56)c34)cc2)cc1. The summed E-state index contributed by atoms with van der Waals surface area (Å²) in [5.41, 5.74) is 0. The Hall–Kier alpha value is -2.60. The van der Waals surface area contributed by atoms with Crippen LogP contribution in [0.15, 0.2) is 182 Å². The second-order valence-electron chi connectivity index (χ2n) is 11.4. The van der Waals surface area contributed by atoms with E-state index in [-0.39, 0.29) is 29.9 Å². The molecule has 0 spiro atoms. The molecule has 8 rings (SSSR count). The summed E-state index contributed by atoms with van der Waals surface area (Å²) >= 11 is 1.95. The van der Waals surface area contributed by atoms with Crippen molar-refractivity contribution in [1.29, 1.82) is 0 Å². The zero-order chi connectivity index (χ0) is 33.5. The molecule has 0 aromatic heterocycles. The normalized spacial score (nSPS) is 11.3. The van der Waals surface area contributed by atoms with Crippen LogP contribution < -0.4 is 44.6 Å². The molecule has 242 valence electrons. The van der Waals surface area contributed by atoms with Gasteiger partial charge in [-0.2, -0.15) is 0 Å². The van der Waals surface area contributed by atoms with Crippen LogP contribution in [0.3, 0.4) is 0 Å². The van der Waals surface area contributed by atoms with Crippen molar-refractivity contribution in [3.63, 3.8) is 0 Å². The summed E-state index contributed by atoms with van der Waals surface area (Å²) in [5, 5.41) is 5.75. The average molecular weight is 1030 g/mol. The standard InChI is InChI=1S/C44H30Se6/c1-3-15-33(16-4-1)45-35-23-27-37(28-24-35)47-39-19-7-11-31-13-9-21-41(43(31)39)49-50-42-22-10-14-32-12-8-20-40(44(32)42)48-38-29-25-36(26-30-38)46-34-17-5-2-6-18-34/h1-30H. The number of hydrogen-bond donors (Lipinski definition) is 0. The molecule has 0 amide bonds. The maximum atomic E-state index is 2.41. The van der Waals surface area contributed by atoms with Gasteiger partial charge in [-0.05, 0) is 0 Å². The van der Waals surface area contributed by atoms with Crippen molar-refractivity contribution >= 4 is 152 Å². The van der Waals surface area contributed by atoms with E-state index in [1.165, 1.54) is 57.2 Å². The van der Waals surface area contributed by atoms with Gasteiger partial charge in [-0.15, -0.1) is 0 Å². The molecule has 0 fully saturated rings. The van der Waals surface area contributed by atoms with Crippen molar-refractivity contribution in [2.75, 3.05) is 0 Å². The van der Waals surface area contributed by atoms with E-state index in [9.17, 15) is 0 Å². The van der Waals surface area contributed by atoms with Gasteiger partial charge in [0.2, 0.25) is 0 Å². The molecular formula is C44H30Se6. The Balaban J connectivity index is 1.02. The number of rotatable bonds is 11. The molecule has 0 heterocycles. The number of benzene rings is 8. The third-order valence-electron chi connectivity index (χ3n) is 7.94. The topological polar surface area (TPSA) is 0 Å². The van der Waals surface area contributed by atoms with Gasteiger partial charge in [0.05, 0.1) is 0 Å². The maximum absolute atomic E-state index is 2.41. The van der Waals surface area contributed by atoms with E-state index in [1.807, 2.05) is 0 Å². The molecule has 0 N–H and O–H groups in total. The van der Waals surface area contributed by atoms with Crippen LogP contribution in [-0.2, 0) is 0 Å². The van der Waals surface area contributed by atoms with E-state index in [0.717, 1.165) is 0 Å².